The Morgan fingerprint density at radius 3 is 3.00 bits per heavy atom. The molecule has 0 bridgehead atoms. The standard InChI is InChI=1S/C12H16F2N2O2S/c1-7-4-8(5-15)6-16(7)11(17)10-9(2-3-19-10)18-12(13)14/h2-3,7-8,12H,4-6,15H2,1H3. The summed E-state index contributed by atoms with van der Waals surface area (Å²) in [5, 5.41) is 1.58. The van der Waals surface area contributed by atoms with E-state index in [-0.39, 0.29) is 28.5 Å². The fourth-order valence-electron chi connectivity index (χ4n) is 2.37. The lowest BCUT2D eigenvalue weighted by Crippen LogP contribution is -2.34. The van der Waals surface area contributed by atoms with E-state index in [4.69, 9.17) is 5.73 Å². The van der Waals surface area contributed by atoms with Crippen molar-refractivity contribution in [2.75, 3.05) is 13.1 Å². The molecule has 4 nitrogen and oxygen atoms in total. The molecule has 0 spiro atoms. The van der Waals surface area contributed by atoms with Gasteiger partial charge in [-0.05, 0) is 37.3 Å². The van der Waals surface area contributed by atoms with Gasteiger partial charge in [-0.2, -0.15) is 8.78 Å². The van der Waals surface area contributed by atoms with Crippen LogP contribution < -0.4 is 10.5 Å². The van der Waals surface area contributed by atoms with Crippen molar-refractivity contribution < 1.29 is 18.3 Å². The quantitative estimate of drug-likeness (QED) is 0.924. The van der Waals surface area contributed by atoms with Crippen molar-refractivity contribution in [1.29, 1.82) is 0 Å². The van der Waals surface area contributed by atoms with Crippen molar-refractivity contribution in [3.05, 3.63) is 16.3 Å². The number of nitrogens with two attached hydrogens (primary N) is 1. The van der Waals surface area contributed by atoms with Gasteiger partial charge < -0.3 is 15.4 Å². The molecule has 7 heteroatoms. The van der Waals surface area contributed by atoms with Crippen LogP contribution in [0.25, 0.3) is 0 Å². The smallest absolute Gasteiger partial charge is 0.387 e. The van der Waals surface area contributed by atoms with Crippen LogP contribution in [0.15, 0.2) is 11.4 Å². The van der Waals surface area contributed by atoms with E-state index < -0.39 is 6.61 Å². The summed E-state index contributed by atoms with van der Waals surface area (Å²) in [5.74, 6) is -0.0270. The summed E-state index contributed by atoms with van der Waals surface area (Å²) in [6, 6.07) is 1.47. The van der Waals surface area contributed by atoms with Crippen LogP contribution in [0, 0.1) is 5.92 Å². The Morgan fingerprint density at radius 1 is 1.68 bits per heavy atom. The number of hydrogen-bond acceptors (Lipinski definition) is 4. The lowest BCUT2D eigenvalue weighted by Gasteiger charge is -2.21. The maximum Gasteiger partial charge on any atom is 0.387 e. The third kappa shape index (κ3) is 3.03. The predicted molar refractivity (Wildman–Crippen MR) is 68.6 cm³/mol. The molecule has 2 atom stereocenters. The lowest BCUT2D eigenvalue weighted by molar-refractivity contribution is -0.0499. The number of rotatable bonds is 4. The lowest BCUT2D eigenvalue weighted by atomic mass is 10.1. The van der Waals surface area contributed by atoms with E-state index in [0.717, 1.165) is 17.8 Å². The number of amides is 1. The number of thiophene rings is 1. The molecule has 1 aliphatic rings. The third-order valence-electron chi connectivity index (χ3n) is 3.29. The Kier molecular flexibility index (Phi) is 4.36. The van der Waals surface area contributed by atoms with Crippen LogP contribution in [0.5, 0.6) is 5.75 Å². The minimum Gasteiger partial charge on any atom is -0.433 e. The molecule has 1 aromatic rings. The molecule has 2 heterocycles. The highest BCUT2D eigenvalue weighted by atomic mass is 32.1. The first-order valence-electron chi connectivity index (χ1n) is 6.06. The molecule has 0 radical (unpaired) electrons. The van der Waals surface area contributed by atoms with Crippen molar-refractivity contribution in [1.82, 2.24) is 4.90 Å². The summed E-state index contributed by atoms with van der Waals surface area (Å²) >= 11 is 1.12. The second-order valence-corrected chi connectivity index (χ2v) is 5.55. The van der Waals surface area contributed by atoms with E-state index in [9.17, 15) is 13.6 Å². The van der Waals surface area contributed by atoms with Gasteiger partial charge in [0.25, 0.3) is 5.91 Å². The molecule has 106 valence electrons. The summed E-state index contributed by atoms with van der Waals surface area (Å²) in [6.45, 7) is 0.116. The molecule has 0 saturated carbocycles. The molecule has 1 aliphatic heterocycles. The Balaban J connectivity index is 2.14. The average molecular weight is 290 g/mol. The summed E-state index contributed by atoms with van der Waals surface area (Å²) in [7, 11) is 0. The van der Waals surface area contributed by atoms with Crippen molar-refractivity contribution in [3.63, 3.8) is 0 Å². The first-order chi connectivity index (χ1) is 9.02. The number of likely N-dealkylation sites (tertiary alicyclic amines) is 1. The highest BCUT2D eigenvalue weighted by Crippen LogP contribution is 2.31. The topological polar surface area (TPSA) is 55.6 Å². The number of nitrogens with zero attached hydrogens (tertiary/aromatic N) is 1. The van der Waals surface area contributed by atoms with Gasteiger partial charge in [-0.25, -0.2) is 0 Å². The molecule has 19 heavy (non-hydrogen) atoms. The molecule has 0 aromatic carbocycles. The molecule has 2 rings (SSSR count). The van der Waals surface area contributed by atoms with Gasteiger partial charge in [0.1, 0.15) is 10.6 Å². The van der Waals surface area contributed by atoms with E-state index in [0.29, 0.717) is 13.1 Å². The fraction of sp³-hybridized carbons (Fsp3) is 0.583. The molecular formula is C12H16F2N2O2S. The van der Waals surface area contributed by atoms with Crippen LogP contribution in [-0.4, -0.2) is 36.5 Å². The Bertz CT molecular complexity index is 453. The van der Waals surface area contributed by atoms with Crippen LogP contribution in [0.4, 0.5) is 8.78 Å². The van der Waals surface area contributed by atoms with E-state index >= 15 is 0 Å². The van der Waals surface area contributed by atoms with Crippen LogP contribution >= 0.6 is 11.3 Å². The van der Waals surface area contributed by atoms with Crippen molar-refractivity contribution >= 4 is 17.2 Å². The average Bonchev–Trinajstić information content (AvgIpc) is 2.94. The Labute approximate surface area is 114 Å². The van der Waals surface area contributed by atoms with E-state index in [2.05, 4.69) is 4.74 Å². The first-order valence-corrected chi connectivity index (χ1v) is 6.94. The minimum absolute atomic E-state index is 0.0478. The molecule has 2 unspecified atom stereocenters. The van der Waals surface area contributed by atoms with E-state index in [1.807, 2.05) is 6.92 Å². The highest BCUT2D eigenvalue weighted by molar-refractivity contribution is 7.12. The molecule has 0 aliphatic carbocycles. The van der Waals surface area contributed by atoms with Gasteiger partial charge in [0.15, 0.2) is 0 Å². The number of hydrogen-bond donors (Lipinski definition) is 1. The molecule has 2 N–H and O–H groups in total. The second-order valence-electron chi connectivity index (χ2n) is 4.64. The van der Waals surface area contributed by atoms with Crippen LogP contribution in [-0.2, 0) is 0 Å². The van der Waals surface area contributed by atoms with E-state index in [1.165, 1.54) is 6.07 Å². The van der Waals surface area contributed by atoms with Gasteiger partial charge >= 0.3 is 6.61 Å². The van der Waals surface area contributed by atoms with Crippen molar-refractivity contribution in [2.24, 2.45) is 11.7 Å². The van der Waals surface area contributed by atoms with Crippen molar-refractivity contribution in [2.45, 2.75) is 26.0 Å². The van der Waals surface area contributed by atoms with Gasteiger partial charge in [0.2, 0.25) is 0 Å². The summed E-state index contributed by atoms with van der Waals surface area (Å²) < 4.78 is 28.9. The summed E-state index contributed by atoms with van der Waals surface area (Å²) in [5.41, 5.74) is 5.61. The summed E-state index contributed by atoms with van der Waals surface area (Å²) in [4.78, 5) is 14.3. The molecular weight excluding hydrogens is 274 g/mol. The number of alkyl halides is 2. The zero-order valence-corrected chi connectivity index (χ0v) is 11.3. The monoisotopic (exact) mass is 290 g/mol. The highest BCUT2D eigenvalue weighted by Gasteiger charge is 2.34. The number of carbonyl (C=O) groups is 1. The normalized spacial score (nSPS) is 23.1. The van der Waals surface area contributed by atoms with Crippen LogP contribution in [0.3, 0.4) is 0 Å². The molecule has 1 saturated heterocycles. The maximum absolute atomic E-state index is 12.4. The molecule has 1 fully saturated rings. The molecule has 1 amide bonds. The summed E-state index contributed by atoms with van der Waals surface area (Å²) in [6.07, 6.45) is 0.846. The number of ether oxygens (including phenoxy) is 1. The van der Waals surface area contributed by atoms with Crippen LogP contribution in [0.1, 0.15) is 23.0 Å². The van der Waals surface area contributed by atoms with Crippen LogP contribution in [0.2, 0.25) is 0 Å². The second kappa shape index (κ2) is 5.83. The van der Waals surface area contributed by atoms with Gasteiger partial charge in [0, 0.05) is 12.6 Å². The fourth-order valence-corrected chi connectivity index (χ4v) is 3.15. The zero-order valence-electron chi connectivity index (χ0n) is 10.5. The Morgan fingerprint density at radius 2 is 2.42 bits per heavy atom. The van der Waals surface area contributed by atoms with Gasteiger partial charge in [0.05, 0.1) is 0 Å². The minimum atomic E-state index is -2.92. The Hall–Kier alpha value is -1.21. The SMILES string of the molecule is CC1CC(CN)CN1C(=O)c1sccc1OC(F)F. The molecule has 1 aromatic heterocycles. The largest absolute Gasteiger partial charge is 0.433 e. The number of carbonyl (C=O) groups excluding carboxylic acids is 1. The van der Waals surface area contributed by atoms with Gasteiger partial charge in [-0.1, -0.05) is 0 Å². The predicted octanol–water partition coefficient (Wildman–Crippen LogP) is 2.16. The maximum atomic E-state index is 12.4. The van der Waals surface area contributed by atoms with Gasteiger partial charge in [-0.15, -0.1) is 11.3 Å². The van der Waals surface area contributed by atoms with E-state index in [1.54, 1.807) is 10.3 Å². The first kappa shape index (κ1) is 14.2. The third-order valence-corrected chi connectivity index (χ3v) is 4.18. The van der Waals surface area contributed by atoms with Crippen molar-refractivity contribution in [3.8, 4) is 5.75 Å². The van der Waals surface area contributed by atoms with Gasteiger partial charge in [-0.3, -0.25) is 4.79 Å². The zero-order chi connectivity index (χ0) is 14.0. The number of halogens is 2.